The molecular weight excluding hydrogens is 288 g/mol. The van der Waals surface area contributed by atoms with Gasteiger partial charge in [0, 0.05) is 17.8 Å². The SMILES string of the molecule is NC(=O)c1ccccc1NC(=O)Nc1cccc([N+](=O)[O-])c1. The number of rotatable bonds is 4. The normalized spacial score (nSPS) is 9.82. The van der Waals surface area contributed by atoms with Gasteiger partial charge in [-0.15, -0.1) is 0 Å². The lowest BCUT2D eigenvalue weighted by Crippen LogP contribution is -2.22. The number of nitrogens with one attached hydrogen (secondary N) is 2. The first-order valence-electron chi connectivity index (χ1n) is 6.18. The summed E-state index contributed by atoms with van der Waals surface area (Å²) in [5.74, 6) is -0.675. The number of urea groups is 1. The van der Waals surface area contributed by atoms with Crippen molar-refractivity contribution in [1.29, 1.82) is 0 Å². The highest BCUT2D eigenvalue weighted by molar-refractivity contribution is 6.06. The molecule has 4 N–H and O–H groups in total. The van der Waals surface area contributed by atoms with E-state index in [0.29, 0.717) is 0 Å². The summed E-state index contributed by atoms with van der Waals surface area (Å²) in [4.78, 5) is 33.3. The highest BCUT2D eigenvalue weighted by Crippen LogP contribution is 2.18. The first-order valence-corrected chi connectivity index (χ1v) is 6.18. The molecule has 0 aromatic heterocycles. The molecule has 8 nitrogen and oxygen atoms in total. The van der Waals surface area contributed by atoms with Crippen molar-refractivity contribution in [2.75, 3.05) is 10.6 Å². The van der Waals surface area contributed by atoms with E-state index in [1.165, 1.54) is 36.4 Å². The second-order valence-electron chi connectivity index (χ2n) is 4.30. The summed E-state index contributed by atoms with van der Waals surface area (Å²) in [6.07, 6.45) is 0. The zero-order valence-electron chi connectivity index (χ0n) is 11.3. The zero-order chi connectivity index (χ0) is 16.1. The minimum atomic E-state index is -0.675. The Morgan fingerprint density at radius 1 is 1.05 bits per heavy atom. The quantitative estimate of drug-likeness (QED) is 0.591. The summed E-state index contributed by atoms with van der Waals surface area (Å²) in [7, 11) is 0. The third kappa shape index (κ3) is 3.57. The highest BCUT2D eigenvalue weighted by atomic mass is 16.6. The topological polar surface area (TPSA) is 127 Å². The summed E-state index contributed by atoms with van der Waals surface area (Å²) < 4.78 is 0. The molecule has 0 aliphatic carbocycles. The number of anilines is 2. The Morgan fingerprint density at radius 3 is 2.45 bits per heavy atom. The van der Waals surface area contributed by atoms with Crippen LogP contribution in [0, 0.1) is 10.1 Å². The highest BCUT2D eigenvalue weighted by Gasteiger charge is 2.11. The molecule has 2 aromatic carbocycles. The molecule has 0 spiro atoms. The fourth-order valence-corrected chi connectivity index (χ4v) is 1.79. The molecule has 0 saturated heterocycles. The predicted molar refractivity (Wildman–Crippen MR) is 80.7 cm³/mol. The summed E-state index contributed by atoms with van der Waals surface area (Å²) in [6, 6.07) is 11.1. The molecule has 2 rings (SSSR count). The van der Waals surface area contributed by atoms with Crippen molar-refractivity contribution in [2.24, 2.45) is 5.73 Å². The molecule has 0 atom stereocenters. The molecule has 112 valence electrons. The first-order chi connectivity index (χ1) is 10.5. The maximum Gasteiger partial charge on any atom is 0.323 e. The first kappa shape index (κ1) is 15.0. The molecule has 0 bridgehead atoms. The van der Waals surface area contributed by atoms with Crippen molar-refractivity contribution in [3.63, 3.8) is 0 Å². The molecule has 8 heteroatoms. The van der Waals surface area contributed by atoms with E-state index in [1.54, 1.807) is 12.1 Å². The van der Waals surface area contributed by atoms with Crippen molar-refractivity contribution >= 4 is 29.0 Å². The summed E-state index contributed by atoms with van der Waals surface area (Å²) >= 11 is 0. The average Bonchev–Trinajstić information content (AvgIpc) is 2.47. The van der Waals surface area contributed by atoms with Gasteiger partial charge in [0.1, 0.15) is 0 Å². The molecule has 22 heavy (non-hydrogen) atoms. The minimum Gasteiger partial charge on any atom is -0.366 e. The molecule has 0 radical (unpaired) electrons. The van der Waals surface area contributed by atoms with Crippen molar-refractivity contribution in [3.8, 4) is 0 Å². The number of nitrogens with zero attached hydrogens (tertiary/aromatic N) is 1. The van der Waals surface area contributed by atoms with Crippen molar-refractivity contribution in [1.82, 2.24) is 0 Å². The predicted octanol–water partition coefficient (Wildman–Crippen LogP) is 2.34. The van der Waals surface area contributed by atoms with Gasteiger partial charge in [-0.25, -0.2) is 4.79 Å². The van der Waals surface area contributed by atoms with Crippen molar-refractivity contribution in [3.05, 3.63) is 64.2 Å². The monoisotopic (exact) mass is 300 g/mol. The number of carbonyl (C=O) groups is 2. The van der Waals surface area contributed by atoms with Gasteiger partial charge in [0.15, 0.2) is 0 Å². The van der Waals surface area contributed by atoms with Crippen LogP contribution in [-0.4, -0.2) is 16.9 Å². The van der Waals surface area contributed by atoms with Gasteiger partial charge in [0.2, 0.25) is 0 Å². The number of hydrogen-bond acceptors (Lipinski definition) is 4. The van der Waals surface area contributed by atoms with Gasteiger partial charge in [-0.1, -0.05) is 18.2 Å². The summed E-state index contributed by atoms with van der Waals surface area (Å²) in [6.45, 7) is 0. The number of primary amides is 1. The fourth-order valence-electron chi connectivity index (χ4n) is 1.79. The standard InChI is InChI=1S/C14H12N4O4/c15-13(19)11-6-1-2-7-12(11)17-14(20)16-9-4-3-5-10(8-9)18(21)22/h1-8H,(H2,15,19)(H2,16,17,20). The Balaban J connectivity index is 2.12. The van der Waals surface area contributed by atoms with Gasteiger partial charge in [0.05, 0.1) is 16.2 Å². The summed E-state index contributed by atoms with van der Waals surface area (Å²) in [5.41, 5.74) is 5.73. The number of nitro benzene ring substituents is 1. The molecule has 0 aliphatic rings. The smallest absolute Gasteiger partial charge is 0.323 e. The van der Waals surface area contributed by atoms with E-state index in [-0.39, 0.29) is 22.6 Å². The molecule has 3 amide bonds. The van der Waals surface area contributed by atoms with E-state index in [4.69, 9.17) is 5.73 Å². The lowest BCUT2D eigenvalue weighted by Gasteiger charge is -2.10. The molecule has 0 unspecified atom stereocenters. The van der Waals surface area contributed by atoms with Crippen LogP contribution in [0.5, 0.6) is 0 Å². The van der Waals surface area contributed by atoms with Gasteiger partial charge >= 0.3 is 6.03 Å². The van der Waals surface area contributed by atoms with Gasteiger partial charge in [-0.05, 0) is 18.2 Å². The van der Waals surface area contributed by atoms with Crippen LogP contribution in [0.1, 0.15) is 10.4 Å². The Morgan fingerprint density at radius 2 is 1.77 bits per heavy atom. The van der Waals surface area contributed by atoms with Crippen LogP contribution in [0.25, 0.3) is 0 Å². The second-order valence-corrected chi connectivity index (χ2v) is 4.30. The Kier molecular flexibility index (Phi) is 4.33. The molecular formula is C14H12N4O4. The zero-order valence-corrected chi connectivity index (χ0v) is 11.3. The second kappa shape index (κ2) is 6.35. The average molecular weight is 300 g/mol. The molecule has 0 fully saturated rings. The minimum absolute atomic E-state index is 0.143. The van der Waals surface area contributed by atoms with E-state index in [1.807, 2.05) is 0 Å². The lowest BCUT2D eigenvalue weighted by atomic mass is 10.1. The molecule has 0 aliphatic heterocycles. The van der Waals surface area contributed by atoms with Crippen LogP contribution < -0.4 is 16.4 Å². The van der Waals surface area contributed by atoms with Gasteiger partial charge in [0.25, 0.3) is 11.6 Å². The third-order valence-corrected chi connectivity index (χ3v) is 2.76. The van der Waals surface area contributed by atoms with Crippen LogP contribution in [0.4, 0.5) is 21.9 Å². The van der Waals surface area contributed by atoms with Gasteiger partial charge < -0.3 is 16.4 Å². The van der Waals surface area contributed by atoms with Crippen LogP contribution >= 0.6 is 0 Å². The van der Waals surface area contributed by atoms with E-state index in [9.17, 15) is 19.7 Å². The number of hydrogen-bond donors (Lipinski definition) is 3. The number of nitro groups is 1. The number of nitrogens with two attached hydrogens (primary N) is 1. The van der Waals surface area contributed by atoms with E-state index < -0.39 is 16.9 Å². The number of non-ortho nitro benzene ring substituents is 1. The Labute approximate surface area is 125 Å². The molecule has 0 saturated carbocycles. The van der Waals surface area contributed by atoms with Crippen LogP contribution in [-0.2, 0) is 0 Å². The number of carbonyl (C=O) groups excluding carboxylic acids is 2. The van der Waals surface area contributed by atoms with Gasteiger partial charge in [-0.2, -0.15) is 0 Å². The van der Waals surface area contributed by atoms with Crippen LogP contribution in [0.2, 0.25) is 0 Å². The number of amides is 3. The number of para-hydroxylation sites is 1. The van der Waals surface area contributed by atoms with Crippen LogP contribution in [0.15, 0.2) is 48.5 Å². The number of benzene rings is 2. The summed E-state index contributed by atoms with van der Waals surface area (Å²) in [5, 5.41) is 15.6. The Bertz CT molecular complexity index is 745. The third-order valence-electron chi connectivity index (χ3n) is 2.76. The maximum atomic E-state index is 11.9. The Hall–Kier alpha value is -3.42. The van der Waals surface area contributed by atoms with Gasteiger partial charge in [-0.3, -0.25) is 14.9 Å². The maximum absolute atomic E-state index is 11.9. The largest absolute Gasteiger partial charge is 0.366 e. The van der Waals surface area contributed by atoms with E-state index >= 15 is 0 Å². The van der Waals surface area contributed by atoms with E-state index in [2.05, 4.69) is 10.6 Å². The van der Waals surface area contributed by atoms with Crippen molar-refractivity contribution in [2.45, 2.75) is 0 Å². The van der Waals surface area contributed by atoms with Crippen LogP contribution in [0.3, 0.4) is 0 Å². The van der Waals surface area contributed by atoms with E-state index in [0.717, 1.165) is 0 Å². The molecule has 0 heterocycles. The fraction of sp³-hybridized carbons (Fsp3) is 0. The van der Waals surface area contributed by atoms with Crippen molar-refractivity contribution < 1.29 is 14.5 Å². The lowest BCUT2D eigenvalue weighted by molar-refractivity contribution is -0.384. The molecule has 2 aromatic rings.